The minimum atomic E-state index is -0.971. The fourth-order valence-electron chi connectivity index (χ4n) is 2.24. The maximum Gasteiger partial charge on any atom is 0.282 e. The molecule has 1 amide bonds. The standard InChI is InChI=1S/C12H15N3O3S/c13-11(16)12(14)6-5-8(7-12)19-10-4-2-1-3-9(10)15(17)18/h1-4,8H,5-7,14H2,(H2,13,16). The van der Waals surface area contributed by atoms with Gasteiger partial charge in [0.05, 0.1) is 15.4 Å². The summed E-state index contributed by atoms with van der Waals surface area (Å²) in [5.41, 5.74) is 10.3. The van der Waals surface area contributed by atoms with Crippen LogP contribution in [0.25, 0.3) is 0 Å². The molecule has 4 N–H and O–H groups in total. The van der Waals surface area contributed by atoms with Crippen molar-refractivity contribution in [3.63, 3.8) is 0 Å². The van der Waals surface area contributed by atoms with E-state index in [0.29, 0.717) is 17.7 Å². The first-order valence-corrected chi connectivity index (χ1v) is 6.79. The number of carbonyl (C=O) groups is 1. The highest BCUT2D eigenvalue weighted by Gasteiger charge is 2.41. The summed E-state index contributed by atoms with van der Waals surface area (Å²) in [6.07, 6.45) is 1.72. The summed E-state index contributed by atoms with van der Waals surface area (Å²) in [6.45, 7) is 0. The molecule has 0 aliphatic heterocycles. The lowest BCUT2D eigenvalue weighted by Gasteiger charge is -2.19. The van der Waals surface area contributed by atoms with E-state index < -0.39 is 16.4 Å². The summed E-state index contributed by atoms with van der Waals surface area (Å²) in [4.78, 5) is 22.4. The summed E-state index contributed by atoms with van der Waals surface area (Å²) in [5, 5.41) is 11.0. The smallest absolute Gasteiger partial charge is 0.282 e. The number of para-hydroxylation sites is 1. The first-order chi connectivity index (χ1) is 8.92. The van der Waals surface area contributed by atoms with Crippen molar-refractivity contribution in [3.8, 4) is 0 Å². The van der Waals surface area contributed by atoms with Gasteiger partial charge in [-0.1, -0.05) is 12.1 Å². The fourth-order valence-corrected chi connectivity index (χ4v) is 3.64. The van der Waals surface area contributed by atoms with Gasteiger partial charge < -0.3 is 11.5 Å². The summed E-state index contributed by atoms with van der Waals surface area (Å²) in [7, 11) is 0. The van der Waals surface area contributed by atoms with Crippen LogP contribution in [0.1, 0.15) is 19.3 Å². The molecule has 1 aliphatic carbocycles. The molecular formula is C12H15N3O3S. The molecule has 102 valence electrons. The number of primary amides is 1. The van der Waals surface area contributed by atoms with Gasteiger partial charge in [0.25, 0.3) is 5.69 Å². The number of nitrogens with two attached hydrogens (primary N) is 2. The van der Waals surface area contributed by atoms with Crippen LogP contribution in [0.15, 0.2) is 29.2 Å². The van der Waals surface area contributed by atoms with E-state index in [0.717, 1.165) is 6.42 Å². The van der Waals surface area contributed by atoms with Crippen LogP contribution < -0.4 is 11.5 Å². The molecule has 19 heavy (non-hydrogen) atoms. The first-order valence-electron chi connectivity index (χ1n) is 5.91. The van der Waals surface area contributed by atoms with Crippen LogP contribution in [0.4, 0.5) is 5.69 Å². The molecular weight excluding hydrogens is 266 g/mol. The van der Waals surface area contributed by atoms with Crippen LogP contribution in [-0.2, 0) is 4.79 Å². The maximum absolute atomic E-state index is 11.3. The third-order valence-electron chi connectivity index (χ3n) is 3.35. The predicted octanol–water partition coefficient (Wildman–Crippen LogP) is 1.42. The van der Waals surface area contributed by atoms with Gasteiger partial charge in [0.15, 0.2) is 0 Å². The lowest BCUT2D eigenvalue weighted by Crippen LogP contribution is -2.50. The van der Waals surface area contributed by atoms with Gasteiger partial charge in [-0.25, -0.2) is 0 Å². The minimum absolute atomic E-state index is 0.0820. The van der Waals surface area contributed by atoms with Crippen molar-refractivity contribution >= 4 is 23.4 Å². The lowest BCUT2D eigenvalue weighted by molar-refractivity contribution is -0.387. The van der Waals surface area contributed by atoms with Crippen molar-refractivity contribution in [2.24, 2.45) is 11.5 Å². The van der Waals surface area contributed by atoms with E-state index in [1.54, 1.807) is 18.2 Å². The van der Waals surface area contributed by atoms with Crippen LogP contribution in [0.3, 0.4) is 0 Å². The number of hydrogen-bond acceptors (Lipinski definition) is 5. The van der Waals surface area contributed by atoms with Crippen LogP contribution in [-0.4, -0.2) is 21.6 Å². The van der Waals surface area contributed by atoms with E-state index in [2.05, 4.69) is 0 Å². The monoisotopic (exact) mass is 281 g/mol. The molecule has 1 aromatic carbocycles. The summed E-state index contributed by atoms with van der Waals surface area (Å²) in [5.74, 6) is -0.502. The zero-order valence-corrected chi connectivity index (χ0v) is 11.1. The number of amides is 1. The molecule has 0 bridgehead atoms. The van der Waals surface area contributed by atoms with Crippen molar-refractivity contribution < 1.29 is 9.72 Å². The zero-order valence-electron chi connectivity index (χ0n) is 10.2. The highest BCUT2D eigenvalue weighted by Crippen LogP contribution is 2.41. The average Bonchev–Trinajstić information content (AvgIpc) is 2.73. The lowest BCUT2D eigenvalue weighted by atomic mass is 9.99. The maximum atomic E-state index is 11.3. The highest BCUT2D eigenvalue weighted by atomic mass is 32.2. The number of rotatable bonds is 4. The second-order valence-electron chi connectivity index (χ2n) is 4.73. The second kappa shape index (κ2) is 5.18. The molecule has 1 fully saturated rings. The van der Waals surface area contributed by atoms with Crippen molar-refractivity contribution in [3.05, 3.63) is 34.4 Å². The Hall–Kier alpha value is -1.60. The quantitative estimate of drug-likeness (QED) is 0.640. The van der Waals surface area contributed by atoms with Crippen LogP contribution in [0.5, 0.6) is 0 Å². The van der Waals surface area contributed by atoms with Gasteiger partial charge in [-0.05, 0) is 25.3 Å². The molecule has 6 nitrogen and oxygen atoms in total. The minimum Gasteiger partial charge on any atom is -0.368 e. The Balaban J connectivity index is 2.12. The molecule has 0 saturated heterocycles. The Labute approximate surface area is 114 Å². The van der Waals surface area contributed by atoms with Crippen LogP contribution in [0.2, 0.25) is 0 Å². The molecule has 0 aromatic heterocycles. The van der Waals surface area contributed by atoms with Gasteiger partial charge in [-0.3, -0.25) is 14.9 Å². The van der Waals surface area contributed by atoms with Gasteiger partial charge in [-0.2, -0.15) is 0 Å². The predicted molar refractivity (Wildman–Crippen MR) is 72.7 cm³/mol. The number of hydrogen-bond donors (Lipinski definition) is 2. The van der Waals surface area contributed by atoms with E-state index in [4.69, 9.17) is 11.5 Å². The molecule has 1 saturated carbocycles. The second-order valence-corrected chi connectivity index (χ2v) is 6.07. The number of nitrogens with zero attached hydrogens (tertiary/aromatic N) is 1. The molecule has 1 aromatic rings. The Morgan fingerprint density at radius 2 is 2.16 bits per heavy atom. The fraction of sp³-hybridized carbons (Fsp3) is 0.417. The van der Waals surface area contributed by atoms with Gasteiger partial charge in [0, 0.05) is 11.3 Å². The Morgan fingerprint density at radius 3 is 2.74 bits per heavy atom. The van der Waals surface area contributed by atoms with Gasteiger partial charge in [-0.15, -0.1) is 11.8 Å². The Bertz CT molecular complexity index is 523. The molecule has 0 radical (unpaired) electrons. The number of carbonyl (C=O) groups excluding carboxylic acids is 1. The molecule has 7 heteroatoms. The molecule has 0 spiro atoms. The highest BCUT2D eigenvalue weighted by molar-refractivity contribution is 8.00. The van der Waals surface area contributed by atoms with E-state index in [1.807, 2.05) is 0 Å². The Kier molecular flexibility index (Phi) is 3.77. The third-order valence-corrected chi connectivity index (χ3v) is 4.69. The summed E-state index contributed by atoms with van der Waals surface area (Å²) < 4.78 is 0. The molecule has 1 aliphatic rings. The third kappa shape index (κ3) is 2.87. The van der Waals surface area contributed by atoms with E-state index >= 15 is 0 Å². The number of thioether (sulfide) groups is 1. The molecule has 2 unspecified atom stereocenters. The topological polar surface area (TPSA) is 112 Å². The van der Waals surface area contributed by atoms with Crippen molar-refractivity contribution in [2.75, 3.05) is 0 Å². The van der Waals surface area contributed by atoms with Crippen molar-refractivity contribution in [1.82, 2.24) is 0 Å². The van der Waals surface area contributed by atoms with E-state index in [-0.39, 0.29) is 10.9 Å². The van der Waals surface area contributed by atoms with Crippen molar-refractivity contribution in [1.29, 1.82) is 0 Å². The van der Waals surface area contributed by atoms with Crippen LogP contribution >= 0.6 is 11.8 Å². The van der Waals surface area contributed by atoms with Crippen molar-refractivity contribution in [2.45, 2.75) is 34.9 Å². The van der Waals surface area contributed by atoms with Crippen LogP contribution in [0, 0.1) is 10.1 Å². The van der Waals surface area contributed by atoms with E-state index in [1.165, 1.54) is 17.8 Å². The molecule has 2 rings (SSSR count). The van der Waals surface area contributed by atoms with Gasteiger partial charge in [0.1, 0.15) is 0 Å². The van der Waals surface area contributed by atoms with E-state index in [9.17, 15) is 14.9 Å². The Morgan fingerprint density at radius 1 is 1.47 bits per heavy atom. The SMILES string of the molecule is NC(=O)C1(N)CCC(Sc2ccccc2[N+](=O)[O-])C1. The summed E-state index contributed by atoms with van der Waals surface area (Å²) >= 11 is 1.40. The normalized spacial score (nSPS) is 26.3. The van der Waals surface area contributed by atoms with Gasteiger partial charge >= 0.3 is 0 Å². The average molecular weight is 281 g/mol. The number of nitro benzene ring substituents is 1. The first kappa shape index (κ1) is 13.8. The number of nitro groups is 1. The zero-order chi connectivity index (χ0) is 14.0. The summed E-state index contributed by atoms with van der Waals surface area (Å²) in [6, 6.07) is 6.58. The molecule has 2 atom stereocenters. The molecule has 0 heterocycles. The largest absolute Gasteiger partial charge is 0.368 e. The van der Waals surface area contributed by atoms with Gasteiger partial charge in [0.2, 0.25) is 5.91 Å². The number of benzene rings is 1.